The normalized spacial score (nSPS) is 13.4. The zero-order valence-corrected chi connectivity index (χ0v) is 19.7. The minimum atomic E-state index is -3.91. The van der Waals surface area contributed by atoms with E-state index in [1.807, 2.05) is 86.6 Å². The highest BCUT2D eigenvalue weighted by molar-refractivity contribution is 7.89. The summed E-state index contributed by atoms with van der Waals surface area (Å²) in [7, 11) is -3.91. The van der Waals surface area contributed by atoms with Gasteiger partial charge in [-0.2, -0.15) is 4.72 Å². The molecule has 0 saturated heterocycles. The highest BCUT2D eigenvalue weighted by Crippen LogP contribution is 2.22. The van der Waals surface area contributed by atoms with E-state index >= 15 is 0 Å². The van der Waals surface area contributed by atoms with E-state index in [4.69, 9.17) is 0 Å². The van der Waals surface area contributed by atoms with Crippen LogP contribution in [0.2, 0.25) is 0 Å². The van der Waals surface area contributed by atoms with Crippen LogP contribution in [-0.4, -0.2) is 20.4 Å². The Morgan fingerprint density at radius 1 is 0.875 bits per heavy atom. The summed E-state index contributed by atoms with van der Waals surface area (Å²) >= 11 is 0. The number of carbonyl (C=O) groups is 1. The predicted octanol–water partition coefficient (Wildman–Crippen LogP) is 4.38. The summed E-state index contributed by atoms with van der Waals surface area (Å²) < 4.78 is 29.4. The number of sulfonamides is 1. The minimum absolute atomic E-state index is 0.227. The van der Waals surface area contributed by atoms with Gasteiger partial charge in [0.15, 0.2) is 0 Å². The molecule has 0 saturated carbocycles. The smallest absolute Gasteiger partial charge is 0.241 e. The molecule has 0 aliphatic carbocycles. The van der Waals surface area contributed by atoms with Gasteiger partial charge in [0, 0.05) is 0 Å². The molecule has 0 fully saturated rings. The molecule has 3 rings (SSSR count). The van der Waals surface area contributed by atoms with Crippen molar-refractivity contribution in [3.05, 3.63) is 101 Å². The lowest BCUT2D eigenvalue weighted by Crippen LogP contribution is -2.48. The first-order valence-electron chi connectivity index (χ1n) is 10.7. The second kappa shape index (κ2) is 10.1. The van der Waals surface area contributed by atoms with Gasteiger partial charge in [0.25, 0.3) is 0 Å². The molecule has 0 radical (unpaired) electrons. The third-order valence-corrected chi connectivity index (χ3v) is 7.20. The van der Waals surface area contributed by atoms with Gasteiger partial charge >= 0.3 is 0 Å². The average molecular weight is 451 g/mol. The molecule has 0 aliphatic heterocycles. The average Bonchev–Trinajstić information content (AvgIpc) is 2.73. The molecule has 0 aliphatic rings. The number of aryl methyl sites for hydroxylation is 3. The van der Waals surface area contributed by atoms with Crippen molar-refractivity contribution in [3.63, 3.8) is 0 Å². The standard InChI is InChI=1S/C26H30N2O3S/c1-18-15-19(2)25(20(3)16-18)32(30,31)28-24(17-22-11-7-5-8-12-22)26(29)27-21(4)23-13-9-6-10-14-23/h5-16,21,24,28H,17H2,1-4H3,(H,27,29)/t21-,24-/m0/s1. The highest BCUT2D eigenvalue weighted by Gasteiger charge is 2.29. The van der Waals surface area contributed by atoms with Crippen molar-refractivity contribution < 1.29 is 13.2 Å². The van der Waals surface area contributed by atoms with Crippen LogP contribution >= 0.6 is 0 Å². The molecular weight excluding hydrogens is 420 g/mol. The van der Waals surface area contributed by atoms with E-state index < -0.39 is 16.1 Å². The quantitative estimate of drug-likeness (QED) is 0.535. The fraction of sp³-hybridized carbons (Fsp3) is 0.269. The lowest BCUT2D eigenvalue weighted by molar-refractivity contribution is -0.123. The SMILES string of the molecule is Cc1cc(C)c(S(=O)(=O)N[C@@H](Cc2ccccc2)C(=O)N[C@@H](C)c2ccccc2)c(C)c1. The van der Waals surface area contributed by atoms with Crippen molar-refractivity contribution in [2.45, 2.75) is 51.1 Å². The maximum atomic E-state index is 13.4. The van der Waals surface area contributed by atoms with Crippen LogP contribution in [0, 0.1) is 20.8 Å². The zero-order chi connectivity index (χ0) is 23.3. The fourth-order valence-corrected chi connectivity index (χ4v) is 5.66. The molecule has 0 spiro atoms. The van der Waals surface area contributed by atoms with Gasteiger partial charge in [0.05, 0.1) is 10.9 Å². The van der Waals surface area contributed by atoms with Crippen LogP contribution in [-0.2, 0) is 21.2 Å². The van der Waals surface area contributed by atoms with Crippen LogP contribution in [0.15, 0.2) is 77.7 Å². The fourth-order valence-electron chi connectivity index (χ4n) is 4.01. The third-order valence-electron chi connectivity index (χ3n) is 5.43. The summed E-state index contributed by atoms with van der Waals surface area (Å²) in [4.78, 5) is 13.5. The molecule has 2 N–H and O–H groups in total. The minimum Gasteiger partial charge on any atom is -0.348 e. The third kappa shape index (κ3) is 5.84. The predicted molar refractivity (Wildman–Crippen MR) is 128 cm³/mol. The topological polar surface area (TPSA) is 75.3 Å². The first-order chi connectivity index (χ1) is 15.2. The molecule has 0 unspecified atom stereocenters. The molecule has 2 atom stereocenters. The Balaban J connectivity index is 1.90. The molecule has 168 valence electrons. The molecule has 0 bridgehead atoms. The van der Waals surface area contributed by atoms with E-state index in [-0.39, 0.29) is 23.3 Å². The number of nitrogens with one attached hydrogen (secondary N) is 2. The van der Waals surface area contributed by atoms with Crippen molar-refractivity contribution in [2.75, 3.05) is 0 Å². The van der Waals surface area contributed by atoms with Crippen LogP contribution < -0.4 is 10.0 Å². The zero-order valence-electron chi connectivity index (χ0n) is 18.9. The second-order valence-corrected chi connectivity index (χ2v) is 9.88. The number of benzene rings is 3. The molecular formula is C26H30N2O3S. The number of rotatable bonds is 8. The van der Waals surface area contributed by atoms with Gasteiger partial charge in [-0.05, 0) is 56.4 Å². The molecule has 3 aromatic carbocycles. The lowest BCUT2D eigenvalue weighted by Gasteiger charge is -2.23. The number of hydrogen-bond donors (Lipinski definition) is 2. The Morgan fingerprint density at radius 2 is 1.41 bits per heavy atom. The van der Waals surface area contributed by atoms with E-state index in [1.54, 1.807) is 13.8 Å². The van der Waals surface area contributed by atoms with Crippen LogP contribution in [0.1, 0.15) is 40.8 Å². The van der Waals surface area contributed by atoms with Gasteiger partial charge < -0.3 is 5.32 Å². The van der Waals surface area contributed by atoms with Gasteiger partial charge in [-0.3, -0.25) is 4.79 Å². The van der Waals surface area contributed by atoms with Crippen molar-refractivity contribution in [1.82, 2.24) is 10.0 Å². The monoisotopic (exact) mass is 450 g/mol. The molecule has 3 aromatic rings. The van der Waals surface area contributed by atoms with Gasteiger partial charge in [0.2, 0.25) is 15.9 Å². The van der Waals surface area contributed by atoms with Gasteiger partial charge in [-0.15, -0.1) is 0 Å². The van der Waals surface area contributed by atoms with Crippen molar-refractivity contribution in [2.24, 2.45) is 0 Å². The maximum Gasteiger partial charge on any atom is 0.241 e. The molecule has 1 amide bonds. The Labute approximate surface area is 190 Å². The largest absolute Gasteiger partial charge is 0.348 e. The summed E-state index contributed by atoms with van der Waals surface area (Å²) in [6, 6.07) is 21.5. The number of amides is 1. The van der Waals surface area contributed by atoms with Crippen molar-refractivity contribution in [3.8, 4) is 0 Å². The van der Waals surface area contributed by atoms with Crippen molar-refractivity contribution in [1.29, 1.82) is 0 Å². The Bertz CT molecular complexity index is 1150. The van der Waals surface area contributed by atoms with Gasteiger partial charge in [-0.1, -0.05) is 78.4 Å². The highest BCUT2D eigenvalue weighted by atomic mass is 32.2. The summed E-state index contributed by atoms with van der Waals surface area (Å²) in [6.45, 7) is 7.37. The molecule has 0 heterocycles. The van der Waals surface area contributed by atoms with Crippen LogP contribution in [0.5, 0.6) is 0 Å². The second-order valence-electron chi connectivity index (χ2n) is 8.23. The maximum absolute atomic E-state index is 13.4. The lowest BCUT2D eigenvalue weighted by atomic mass is 10.0. The summed E-state index contributed by atoms with van der Waals surface area (Å²) in [5.74, 6) is -0.365. The number of hydrogen-bond acceptors (Lipinski definition) is 3. The van der Waals surface area contributed by atoms with Crippen LogP contribution in [0.4, 0.5) is 0 Å². The van der Waals surface area contributed by atoms with Crippen LogP contribution in [0.3, 0.4) is 0 Å². The molecule has 32 heavy (non-hydrogen) atoms. The Morgan fingerprint density at radius 3 is 1.97 bits per heavy atom. The molecule has 0 aromatic heterocycles. The Hall–Kier alpha value is -2.96. The molecule has 5 nitrogen and oxygen atoms in total. The van der Waals surface area contributed by atoms with E-state index in [1.165, 1.54) is 0 Å². The van der Waals surface area contributed by atoms with E-state index in [0.29, 0.717) is 11.1 Å². The van der Waals surface area contributed by atoms with E-state index in [0.717, 1.165) is 16.7 Å². The van der Waals surface area contributed by atoms with E-state index in [9.17, 15) is 13.2 Å². The van der Waals surface area contributed by atoms with Gasteiger partial charge in [-0.25, -0.2) is 8.42 Å². The first kappa shape index (κ1) is 23.7. The Kier molecular flexibility index (Phi) is 7.48. The number of carbonyl (C=O) groups excluding carboxylic acids is 1. The van der Waals surface area contributed by atoms with Crippen molar-refractivity contribution >= 4 is 15.9 Å². The summed E-state index contributed by atoms with van der Waals surface area (Å²) in [6.07, 6.45) is 0.247. The summed E-state index contributed by atoms with van der Waals surface area (Å²) in [5.41, 5.74) is 4.14. The molecule has 6 heteroatoms. The summed E-state index contributed by atoms with van der Waals surface area (Å²) in [5, 5.41) is 2.96. The van der Waals surface area contributed by atoms with E-state index in [2.05, 4.69) is 10.0 Å². The van der Waals surface area contributed by atoms with Crippen LogP contribution in [0.25, 0.3) is 0 Å². The first-order valence-corrected chi connectivity index (χ1v) is 12.1. The van der Waals surface area contributed by atoms with Gasteiger partial charge in [0.1, 0.15) is 6.04 Å².